The van der Waals surface area contributed by atoms with Gasteiger partial charge in [0.25, 0.3) is 0 Å². The topological polar surface area (TPSA) is 50.5 Å². The Hall–Kier alpha value is -3.14. The average Bonchev–Trinajstić information content (AvgIpc) is 3.16. The maximum atomic E-state index is 12.5. The van der Waals surface area contributed by atoms with Gasteiger partial charge in [-0.25, -0.2) is 0 Å². The fourth-order valence-electron chi connectivity index (χ4n) is 3.43. The van der Waals surface area contributed by atoms with Gasteiger partial charge in [-0.05, 0) is 30.2 Å². The largest absolute Gasteiger partial charge is 0.464 e. The van der Waals surface area contributed by atoms with Gasteiger partial charge in [-0.1, -0.05) is 30.3 Å². The van der Waals surface area contributed by atoms with Crippen molar-refractivity contribution in [2.24, 2.45) is 0 Å². The molecule has 1 aromatic heterocycles. The second-order valence-corrected chi connectivity index (χ2v) is 6.57. The van der Waals surface area contributed by atoms with Crippen LogP contribution in [0, 0.1) is 0 Å². The SMILES string of the molecule is O=C(/C=C/N1CCC(c2ccccc2)C1)c1ccc2occc(=O)c2c1. The quantitative estimate of drug-likeness (QED) is 0.530. The van der Waals surface area contributed by atoms with Crippen LogP contribution >= 0.6 is 0 Å². The highest BCUT2D eigenvalue weighted by Gasteiger charge is 2.21. The molecule has 3 aromatic rings. The number of carbonyl (C=O) groups is 1. The van der Waals surface area contributed by atoms with Crippen LogP contribution < -0.4 is 5.43 Å². The van der Waals surface area contributed by atoms with E-state index in [0.29, 0.717) is 22.5 Å². The van der Waals surface area contributed by atoms with Gasteiger partial charge in [0.1, 0.15) is 5.58 Å². The van der Waals surface area contributed by atoms with E-state index in [1.165, 1.54) is 17.9 Å². The number of carbonyl (C=O) groups excluding carboxylic acids is 1. The molecule has 2 heterocycles. The van der Waals surface area contributed by atoms with Crippen molar-refractivity contribution in [2.75, 3.05) is 13.1 Å². The minimum absolute atomic E-state index is 0.113. The number of likely N-dealkylation sites (tertiary alicyclic amines) is 1. The lowest BCUT2D eigenvalue weighted by atomic mass is 9.99. The van der Waals surface area contributed by atoms with Crippen LogP contribution in [-0.2, 0) is 0 Å². The molecule has 4 rings (SSSR count). The molecule has 0 spiro atoms. The summed E-state index contributed by atoms with van der Waals surface area (Å²) in [7, 11) is 0. The highest BCUT2D eigenvalue weighted by atomic mass is 16.3. The molecule has 0 aliphatic carbocycles. The fourth-order valence-corrected chi connectivity index (χ4v) is 3.43. The Morgan fingerprint density at radius 3 is 2.81 bits per heavy atom. The van der Waals surface area contributed by atoms with Gasteiger partial charge < -0.3 is 9.32 Å². The van der Waals surface area contributed by atoms with Crippen LogP contribution in [0.1, 0.15) is 28.3 Å². The summed E-state index contributed by atoms with van der Waals surface area (Å²) in [6.45, 7) is 1.85. The third kappa shape index (κ3) is 3.31. The third-order valence-electron chi connectivity index (χ3n) is 4.87. The van der Waals surface area contributed by atoms with Crippen molar-refractivity contribution in [1.82, 2.24) is 4.90 Å². The molecule has 1 unspecified atom stereocenters. The van der Waals surface area contributed by atoms with E-state index >= 15 is 0 Å². The van der Waals surface area contributed by atoms with E-state index in [2.05, 4.69) is 29.2 Å². The van der Waals surface area contributed by atoms with Gasteiger partial charge >= 0.3 is 0 Å². The molecule has 1 saturated heterocycles. The predicted octanol–water partition coefficient (Wildman–Crippen LogP) is 3.98. The summed E-state index contributed by atoms with van der Waals surface area (Å²) >= 11 is 0. The molecule has 2 aromatic carbocycles. The number of fused-ring (bicyclic) bond motifs is 1. The predicted molar refractivity (Wildman–Crippen MR) is 101 cm³/mol. The molecular formula is C22H19NO3. The lowest BCUT2D eigenvalue weighted by Gasteiger charge is -2.13. The smallest absolute Gasteiger partial charge is 0.192 e. The van der Waals surface area contributed by atoms with E-state index in [9.17, 15) is 9.59 Å². The first-order valence-electron chi connectivity index (χ1n) is 8.74. The van der Waals surface area contributed by atoms with Crippen LogP contribution in [0.4, 0.5) is 0 Å². The van der Waals surface area contributed by atoms with Crippen molar-refractivity contribution in [3.8, 4) is 0 Å². The maximum Gasteiger partial charge on any atom is 0.192 e. The van der Waals surface area contributed by atoms with Gasteiger partial charge in [0.2, 0.25) is 0 Å². The molecule has 1 aliphatic rings. The van der Waals surface area contributed by atoms with Crippen LogP contribution in [0.3, 0.4) is 0 Å². The Balaban J connectivity index is 1.47. The number of hydrogen-bond donors (Lipinski definition) is 0. The number of benzene rings is 2. The van der Waals surface area contributed by atoms with Gasteiger partial charge in [0.15, 0.2) is 11.2 Å². The molecule has 26 heavy (non-hydrogen) atoms. The van der Waals surface area contributed by atoms with Gasteiger partial charge in [-0.15, -0.1) is 0 Å². The first-order chi connectivity index (χ1) is 12.7. The van der Waals surface area contributed by atoms with Crippen LogP contribution in [0.25, 0.3) is 11.0 Å². The summed E-state index contributed by atoms with van der Waals surface area (Å²) in [5, 5.41) is 0.428. The minimum Gasteiger partial charge on any atom is -0.464 e. The van der Waals surface area contributed by atoms with Crippen molar-refractivity contribution in [2.45, 2.75) is 12.3 Å². The Morgan fingerprint density at radius 1 is 1.12 bits per heavy atom. The summed E-state index contributed by atoms with van der Waals surface area (Å²) in [4.78, 5) is 26.5. The fraction of sp³-hybridized carbons (Fsp3) is 0.182. The zero-order valence-corrected chi connectivity index (χ0v) is 14.3. The average molecular weight is 345 g/mol. The maximum absolute atomic E-state index is 12.5. The summed E-state index contributed by atoms with van der Waals surface area (Å²) in [6, 6.07) is 16.8. The van der Waals surface area contributed by atoms with Crippen molar-refractivity contribution >= 4 is 16.8 Å². The Morgan fingerprint density at radius 2 is 1.96 bits per heavy atom. The summed E-state index contributed by atoms with van der Waals surface area (Å²) in [5.41, 5.74) is 2.18. The first kappa shape index (κ1) is 16.3. The van der Waals surface area contributed by atoms with E-state index in [-0.39, 0.29) is 11.2 Å². The van der Waals surface area contributed by atoms with Gasteiger partial charge in [-0.3, -0.25) is 9.59 Å². The number of allylic oxidation sites excluding steroid dienone is 1. The standard InChI is InChI=1S/C22H19NO3/c24-20(17-6-7-22-19(14-17)21(25)10-13-26-22)9-12-23-11-8-18(15-23)16-4-2-1-3-5-16/h1-7,9-10,12-14,18H,8,11,15H2/b12-9+. The normalized spacial score (nSPS) is 17.2. The van der Waals surface area contributed by atoms with Crippen molar-refractivity contribution in [3.63, 3.8) is 0 Å². The van der Waals surface area contributed by atoms with Gasteiger partial charge in [-0.2, -0.15) is 0 Å². The Kier molecular flexibility index (Phi) is 4.40. The van der Waals surface area contributed by atoms with E-state index in [0.717, 1.165) is 19.5 Å². The Labute approximate surface area is 151 Å². The molecular weight excluding hydrogens is 326 g/mol. The lowest BCUT2D eigenvalue weighted by Crippen LogP contribution is -2.13. The third-order valence-corrected chi connectivity index (χ3v) is 4.87. The zero-order chi connectivity index (χ0) is 17.9. The first-order valence-corrected chi connectivity index (χ1v) is 8.74. The second-order valence-electron chi connectivity index (χ2n) is 6.57. The highest BCUT2D eigenvalue weighted by molar-refractivity contribution is 6.06. The summed E-state index contributed by atoms with van der Waals surface area (Å²) in [6.07, 6.45) is 5.89. The number of ketones is 1. The van der Waals surface area contributed by atoms with E-state index < -0.39 is 0 Å². The van der Waals surface area contributed by atoms with Crippen LogP contribution in [0.2, 0.25) is 0 Å². The van der Waals surface area contributed by atoms with Crippen LogP contribution in [0.5, 0.6) is 0 Å². The summed E-state index contributed by atoms with van der Waals surface area (Å²) < 4.78 is 5.28. The molecule has 1 atom stereocenters. The van der Waals surface area contributed by atoms with Crippen LogP contribution in [-0.4, -0.2) is 23.8 Å². The molecule has 0 bridgehead atoms. The van der Waals surface area contributed by atoms with E-state index in [1.54, 1.807) is 24.3 Å². The van der Waals surface area contributed by atoms with E-state index in [1.807, 2.05) is 12.3 Å². The number of nitrogens with zero attached hydrogens (tertiary/aromatic N) is 1. The number of hydrogen-bond acceptors (Lipinski definition) is 4. The van der Waals surface area contributed by atoms with Crippen molar-refractivity contribution in [3.05, 3.63) is 94.5 Å². The van der Waals surface area contributed by atoms with Crippen molar-refractivity contribution in [1.29, 1.82) is 0 Å². The molecule has 1 aliphatic heterocycles. The van der Waals surface area contributed by atoms with Crippen LogP contribution in [0.15, 0.2) is 82.3 Å². The lowest BCUT2D eigenvalue weighted by molar-refractivity contribution is 0.104. The molecule has 0 saturated carbocycles. The molecule has 0 amide bonds. The molecule has 130 valence electrons. The van der Waals surface area contributed by atoms with Crippen molar-refractivity contribution < 1.29 is 9.21 Å². The van der Waals surface area contributed by atoms with Gasteiger partial charge in [0, 0.05) is 42.9 Å². The highest BCUT2D eigenvalue weighted by Crippen LogP contribution is 2.27. The minimum atomic E-state index is -0.143. The number of rotatable bonds is 4. The zero-order valence-electron chi connectivity index (χ0n) is 14.3. The molecule has 0 radical (unpaired) electrons. The monoisotopic (exact) mass is 345 g/mol. The molecule has 0 N–H and O–H groups in total. The second kappa shape index (κ2) is 7.00. The molecule has 4 heteroatoms. The summed E-state index contributed by atoms with van der Waals surface area (Å²) in [5.74, 6) is 0.388. The van der Waals surface area contributed by atoms with E-state index in [4.69, 9.17) is 4.42 Å². The Bertz CT molecular complexity index is 1020. The molecule has 4 nitrogen and oxygen atoms in total. The van der Waals surface area contributed by atoms with Gasteiger partial charge in [0.05, 0.1) is 11.6 Å². The molecule has 1 fully saturated rings.